The molecule has 1 unspecified atom stereocenters. The highest BCUT2D eigenvalue weighted by Gasteiger charge is 2.30. The van der Waals surface area contributed by atoms with Crippen molar-refractivity contribution in [1.82, 2.24) is 9.97 Å². The van der Waals surface area contributed by atoms with E-state index in [1.165, 1.54) is 13.1 Å². The minimum Gasteiger partial charge on any atom is -0.345 e. The summed E-state index contributed by atoms with van der Waals surface area (Å²) in [5, 5.41) is 13.5. The Kier molecular flexibility index (Phi) is 6.47. The van der Waals surface area contributed by atoms with Crippen molar-refractivity contribution in [2.75, 3.05) is 0 Å². The second-order valence-corrected chi connectivity index (χ2v) is 10.3. The van der Waals surface area contributed by atoms with Gasteiger partial charge in [0, 0.05) is 34.5 Å². The molecule has 0 aliphatic rings. The fourth-order valence-corrected chi connectivity index (χ4v) is 5.45. The zero-order valence-electron chi connectivity index (χ0n) is 19.7. The fraction of sp³-hybridized carbons (Fsp3) is 0.192. The van der Waals surface area contributed by atoms with Crippen molar-refractivity contribution in [2.24, 2.45) is 5.14 Å². The number of ketones is 1. The first-order valence-corrected chi connectivity index (χ1v) is 12.6. The topological polar surface area (TPSA) is 130 Å². The molecule has 0 radical (unpaired) electrons. The van der Waals surface area contributed by atoms with Crippen LogP contribution in [0.4, 0.5) is 8.78 Å². The van der Waals surface area contributed by atoms with E-state index in [9.17, 15) is 22.9 Å². The van der Waals surface area contributed by atoms with Gasteiger partial charge in [-0.25, -0.2) is 27.3 Å². The van der Waals surface area contributed by atoms with Gasteiger partial charge in [-0.05, 0) is 49.1 Å². The summed E-state index contributed by atoms with van der Waals surface area (Å²) in [6.45, 7) is 5.13. The molecular weight excluding hydrogens is 486 g/mol. The van der Waals surface area contributed by atoms with Crippen LogP contribution in [0, 0.1) is 36.8 Å². The molecule has 4 rings (SSSR count). The molecule has 3 N–H and O–H groups in total. The molecule has 10 heteroatoms. The number of nitriles is 1. The number of fused-ring (bicyclic) bond motifs is 1. The molecule has 2 heterocycles. The van der Waals surface area contributed by atoms with Gasteiger partial charge in [-0.2, -0.15) is 5.26 Å². The summed E-state index contributed by atoms with van der Waals surface area (Å²) in [5.74, 6) is -3.35. The van der Waals surface area contributed by atoms with Crippen LogP contribution < -0.4 is 5.14 Å². The summed E-state index contributed by atoms with van der Waals surface area (Å²) in [6.07, 6.45) is 2.84. The summed E-state index contributed by atoms with van der Waals surface area (Å²) in [5.41, 5.74) is 2.59. The van der Waals surface area contributed by atoms with Crippen LogP contribution in [-0.4, -0.2) is 24.2 Å². The second-order valence-electron chi connectivity index (χ2n) is 8.56. The van der Waals surface area contributed by atoms with Gasteiger partial charge in [0.05, 0.1) is 17.2 Å². The van der Waals surface area contributed by atoms with Crippen molar-refractivity contribution in [1.29, 1.82) is 5.26 Å². The van der Waals surface area contributed by atoms with Gasteiger partial charge in [-0.1, -0.05) is 25.1 Å². The molecule has 2 aromatic heterocycles. The van der Waals surface area contributed by atoms with Crippen LogP contribution in [0.2, 0.25) is 0 Å². The molecule has 0 bridgehead atoms. The second kappa shape index (κ2) is 9.26. The number of nitrogens with one attached hydrogen (secondary N) is 1. The van der Waals surface area contributed by atoms with E-state index >= 15 is 4.39 Å². The zero-order valence-corrected chi connectivity index (χ0v) is 20.5. The van der Waals surface area contributed by atoms with Crippen LogP contribution in [-0.2, 0) is 10.0 Å². The summed E-state index contributed by atoms with van der Waals surface area (Å²) in [6, 6.07) is 9.33. The Morgan fingerprint density at radius 1 is 1.17 bits per heavy atom. The third-order valence-corrected chi connectivity index (χ3v) is 7.60. The number of carbonyl (C=O) groups is 1. The Morgan fingerprint density at radius 3 is 2.42 bits per heavy atom. The first-order valence-electron chi connectivity index (χ1n) is 11.0. The normalized spacial score (nSPS) is 12.5. The number of sulfonamides is 1. The van der Waals surface area contributed by atoms with Crippen molar-refractivity contribution in [3.8, 4) is 17.2 Å². The number of pyridine rings is 1. The number of H-pyrrole nitrogens is 1. The van der Waals surface area contributed by atoms with Gasteiger partial charge in [-0.3, -0.25) is 4.79 Å². The molecule has 1 atom stereocenters. The van der Waals surface area contributed by atoms with Gasteiger partial charge in [-0.15, -0.1) is 0 Å². The van der Waals surface area contributed by atoms with Crippen LogP contribution in [0.3, 0.4) is 0 Å². The number of aromatic nitrogens is 2. The van der Waals surface area contributed by atoms with Crippen LogP contribution in [0.1, 0.15) is 56.8 Å². The number of nitrogens with two attached hydrogens (primary N) is 1. The lowest BCUT2D eigenvalue weighted by Crippen LogP contribution is -2.23. The van der Waals surface area contributed by atoms with Crippen molar-refractivity contribution < 1.29 is 22.0 Å². The van der Waals surface area contributed by atoms with E-state index in [-0.39, 0.29) is 17.5 Å². The lowest BCUT2D eigenvalue weighted by Gasteiger charge is -2.16. The van der Waals surface area contributed by atoms with Crippen molar-refractivity contribution in [2.45, 2.75) is 32.4 Å². The van der Waals surface area contributed by atoms with E-state index in [1.54, 1.807) is 12.3 Å². The molecule has 0 amide bonds. The maximum Gasteiger partial charge on any atom is 0.216 e. The van der Waals surface area contributed by atoms with Crippen molar-refractivity contribution in [3.05, 3.63) is 87.7 Å². The van der Waals surface area contributed by atoms with Crippen molar-refractivity contribution >= 4 is 26.8 Å². The monoisotopic (exact) mass is 508 g/mol. The lowest BCUT2D eigenvalue weighted by molar-refractivity contribution is 0.103. The third-order valence-electron chi connectivity index (χ3n) is 6.22. The molecule has 2 aromatic carbocycles. The van der Waals surface area contributed by atoms with Gasteiger partial charge in [0.15, 0.2) is 0 Å². The summed E-state index contributed by atoms with van der Waals surface area (Å²) in [7, 11) is -4.19. The minimum atomic E-state index is -4.19. The Balaban J connectivity index is 1.86. The molecule has 0 aliphatic carbocycles. The van der Waals surface area contributed by atoms with E-state index in [4.69, 9.17) is 5.14 Å². The fourth-order valence-electron chi connectivity index (χ4n) is 4.44. The number of halogens is 2. The first kappa shape index (κ1) is 25.2. The van der Waals surface area contributed by atoms with Gasteiger partial charge < -0.3 is 4.98 Å². The first-order chi connectivity index (χ1) is 17.0. The number of primary sulfonamides is 1. The third kappa shape index (κ3) is 4.27. The highest BCUT2D eigenvalue weighted by molar-refractivity contribution is 7.89. The number of nitrogens with zero attached hydrogens (tertiary/aromatic N) is 2. The Hall–Kier alpha value is -3.94. The quantitative estimate of drug-likeness (QED) is 0.355. The average molecular weight is 509 g/mol. The summed E-state index contributed by atoms with van der Waals surface area (Å²) in [4.78, 5) is 20.5. The number of rotatable bonds is 6. The number of hydrogen-bond acceptors (Lipinski definition) is 5. The smallest absolute Gasteiger partial charge is 0.216 e. The Labute approximate surface area is 206 Å². The largest absolute Gasteiger partial charge is 0.345 e. The van der Waals surface area contributed by atoms with E-state index in [0.29, 0.717) is 22.2 Å². The minimum absolute atomic E-state index is 0.0277. The van der Waals surface area contributed by atoms with E-state index in [2.05, 4.69) is 16.0 Å². The molecule has 36 heavy (non-hydrogen) atoms. The number of aromatic amines is 1. The molecule has 4 aromatic rings. The van der Waals surface area contributed by atoms with Crippen molar-refractivity contribution in [3.63, 3.8) is 0 Å². The Morgan fingerprint density at radius 2 is 1.83 bits per heavy atom. The highest BCUT2D eigenvalue weighted by Crippen LogP contribution is 2.33. The maximum atomic E-state index is 15.4. The molecule has 0 fully saturated rings. The van der Waals surface area contributed by atoms with Gasteiger partial charge in [0.25, 0.3) is 0 Å². The molecule has 0 saturated carbocycles. The molecule has 7 nitrogen and oxygen atoms in total. The van der Waals surface area contributed by atoms with Crippen LogP contribution in [0.15, 0.2) is 42.7 Å². The SMILES string of the molecule is CCC(c1ccc(F)c(C(=O)c2c[nH]c3ncc(-c4cc(C)c(C#N)c(C)c4)cc23)c1F)S(N)(=O)=O. The molecular formula is C26H22F2N4O3S. The predicted molar refractivity (Wildman–Crippen MR) is 132 cm³/mol. The van der Waals surface area contributed by atoms with Crippen LogP contribution in [0.5, 0.6) is 0 Å². The zero-order chi connectivity index (χ0) is 26.4. The van der Waals surface area contributed by atoms with Crippen LogP contribution >= 0.6 is 0 Å². The highest BCUT2D eigenvalue weighted by atomic mass is 32.2. The standard InChI is InChI=1S/C26H22F2N4O3S/c1-4-22(36(30,34)35)17-5-6-21(27)23(24(17)28)25(33)20-12-32-26-18(20)9-16(11-31-26)15-7-13(2)19(10-29)14(3)8-15/h5-9,11-12,22H,4H2,1-3H3,(H,31,32)(H2,30,34,35). The van der Waals surface area contributed by atoms with Gasteiger partial charge in [0.1, 0.15) is 22.5 Å². The number of hydrogen-bond donors (Lipinski definition) is 2. The molecule has 0 spiro atoms. The summed E-state index contributed by atoms with van der Waals surface area (Å²) < 4.78 is 54.1. The Bertz CT molecular complexity index is 1660. The molecule has 0 aliphatic heterocycles. The van der Waals surface area contributed by atoms with E-state index < -0.39 is 38.3 Å². The van der Waals surface area contributed by atoms with E-state index in [1.807, 2.05) is 26.0 Å². The average Bonchev–Trinajstić information content (AvgIpc) is 3.23. The van der Waals surface area contributed by atoms with Gasteiger partial charge in [0.2, 0.25) is 15.8 Å². The predicted octanol–water partition coefficient (Wildman–Crippen LogP) is 4.97. The van der Waals surface area contributed by atoms with Gasteiger partial charge >= 0.3 is 0 Å². The lowest BCUT2D eigenvalue weighted by atomic mass is 9.95. The number of carbonyl (C=O) groups excluding carboxylic acids is 1. The number of benzene rings is 2. The maximum absolute atomic E-state index is 15.4. The summed E-state index contributed by atoms with van der Waals surface area (Å²) >= 11 is 0. The van der Waals surface area contributed by atoms with E-state index in [0.717, 1.165) is 28.8 Å². The number of aryl methyl sites for hydroxylation is 2. The molecule has 0 saturated heterocycles. The van der Waals surface area contributed by atoms with Crippen LogP contribution in [0.25, 0.3) is 22.2 Å². The molecule has 184 valence electrons.